The van der Waals surface area contributed by atoms with Crippen molar-refractivity contribution in [1.29, 1.82) is 0 Å². The van der Waals surface area contributed by atoms with Gasteiger partial charge in [-0.15, -0.1) is 0 Å². The van der Waals surface area contributed by atoms with Crippen molar-refractivity contribution in [3.05, 3.63) is 65.5 Å². The van der Waals surface area contributed by atoms with Crippen LogP contribution in [0.25, 0.3) is 10.9 Å². The third kappa shape index (κ3) is 3.65. The van der Waals surface area contributed by atoms with Crippen LogP contribution in [0.4, 0.5) is 0 Å². The van der Waals surface area contributed by atoms with Crippen molar-refractivity contribution in [3.8, 4) is 5.88 Å². The van der Waals surface area contributed by atoms with Crippen LogP contribution in [0, 0.1) is 12.8 Å². The smallest absolute Gasteiger partial charge is 0.243 e. The molecule has 0 bridgehead atoms. The first-order chi connectivity index (χ1) is 13.2. The zero-order valence-electron chi connectivity index (χ0n) is 15.2. The lowest BCUT2D eigenvalue weighted by Crippen LogP contribution is -2.20. The van der Waals surface area contributed by atoms with Gasteiger partial charge in [-0.3, -0.25) is 9.78 Å². The molecule has 1 fully saturated rings. The van der Waals surface area contributed by atoms with Crippen LogP contribution < -0.4 is 10.2 Å². The number of nitrogens with zero attached hydrogens (tertiary/aromatic N) is 3. The normalized spacial score (nSPS) is 18.6. The largest absolute Gasteiger partial charge is 0.481 e. The molecule has 1 amide bonds. The minimum Gasteiger partial charge on any atom is -0.481 e. The Balaban J connectivity index is 1.38. The van der Waals surface area contributed by atoms with E-state index in [-0.39, 0.29) is 17.7 Å². The van der Waals surface area contributed by atoms with Gasteiger partial charge in [-0.05, 0) is 54.2 Å². The Morgan fingerprint density at radius 1 is 1.30 bits per heavy atom. The van der Waals surface area contributed by atoms with Gasteiger partial charge < -0.3 is 4.74 Å². The summed E-state index contributed by atoms with van der Waals surface area (Å²) >= 11 is 0. The SMILES string of the molecule is COc1ccc(C2CC2C(=O)N/N=C\c2cc(C)c3ncccc3c2)cn1. The van der Waals surface area contributed by atoms with Gasteiger partial charge in [-0.25, -0.2) is 10.4 Å². The van der Waals surface area contributed by atoms with Gasteiger partial charge in [0.25, 0.3) is 0 Å². The molecular formula is C21H20N4O2. The molecule has 1 aliphatic rings. The molecular weight excluding hydrogens is 340 g/mol. The third-order valence-electron chi connectivity index (χ3n) is 4.83. The number of hydrogen-bond acceptors (Lipinski definition) is 5. The standard InChI is InChI=1S/C21H20N4O2/c1-13-8-14(9-15-4-3-7-22-20(13)15)11-24-25-21(26)18-10-17(18)16-5-6-19(27-2)23-12-16/h3-9,11-12,17-18H,10H2,1-2H3,(H,25,26)/b24-11-. The fourth-order valence-corrected chi connectivity index (χ4v) is 3.32. The van der Waals surface area contributed by atoms with Gasteiger partial charge >= 0.3 is 0 Å². The van der Waals surface area contributed by atoms with E-state index in [0.717, 1.165) is 34.0 Å². The zero-order valence-corrected chi connectivity index (χ0v) is 15.2. The summed E-state index contributed by atoms with van der Waals surface area (Å²) in [5.74, 6) is 0.657. The quantitative estimate of drug-likeness (QED) is 0.560. The highest BCUT2D eigenvalue weighted by Crippen LogP contribution is 2.47. The molecule has 27 heavy (non-hydrogen) atoms. The number of hydrogen-bond donors (Lipinski definition) is 1. The molecule has 6 nitrogen and oxygen atoms in total. The number of carbonyl (C=O) groups excluding carboxylic acids is 1. The number of methoxy groups -OCH3 is 1. The van der Waals surface area contributed by atoms with Gasteiger partial charge in [-0.2, -0.15) is 5.10 Å². The summed E-state index contributed by atoms with van der Waals surface area (Å²) < 4.78 is 5.06. The predicted molar refractivity (Wildman–Crippen MR) is 104 cm³/mol. The summed E-state index contributed by atoms with van der Waals surface area (Å²) in [5, 5.41) is 5.18. The highest BCUT2D eigenvalue weighted by Gasteiger charge is 2.44. The lowest BCUT2D eigenvalue weighted by atomic mass is 10.1. The number of ether oxygens (including phenoxy) is 1. The number of carbonyl (C=O) groups is 1. The van der Waals surface area contributed by atoms with E-state index < -0.39 is 0 Å². The van der Waals surface area contributed by atoms with Gasteiger partial charge in [0.1, 0.15) is 0 Å². The van der Waals surface area contributed by atoms with Gasteiger partial charge in [0.15, 0.2) is 0 Å². The second-order valence-corrected chi connectivity index (χ2v) is 6.73. The molecule has 4 rings (SSSR count). The summed E-state index contributed by atoms with van der Waals surface area (Å²) in [4.78, 5) is 20.9. The molecule has 136 valence electrons. The lowest BCUT2D eigenvalue weighted by Gasteiger charge is -2.03. The average Bonchev–Trinajstić information content (AvgIpc) is 3.49. The second kappa shape index (κ2) is 7.15. The topological polar surface area (TPSA) is 76.5 Å². The second-order valence-electron chi connectivity index (χ2n) is 6.73. The molecule has 0 radical (unpaired) electrons. The number of nitrogens with one attached hydrogen (secondary N) is 1. The van der Waals surface area contributed by atoms with Crippen LogP contribution in [0.1, 0.15) is 29.0 Å². The van der Waals surface area contributed by atoms with Gasteiger partial charge in [0.2, 0.25) is 11.8 Å². The highest BCUT2D eigenvalue weighted by atomic mass is 16.5. The molecule has 2 heterocycles. The first-order valence-corrected chi connectivity index (χ1v) is 8.84. The number of aryl methyl sites for hydroxylation is 1. The molecule has 2 unspecified atom stereocenters. The van der Waals surface area contributed by atoms with Crippen molar-refractivity contribution in [1.82, 2.24) is 15.4 Å². The Morgan fingerprint density at radius 2 is 2.19 bits per heavy atom. The highest BCUT2D eigenvalue weighted by molar-refractivity contribution is 5.91. The molecule has 1 aliphatic carbocycles. The van der Waals surface area contributed by atoms with E-state index >= 15 is 0 Å². The number of aromatic nitrogens is 2. The van der Waals surface area contributed by atoms with Crippen LogP contribution >= 0.6 is 0 Å². The molecule has 2 atom stereocenters. The summed E-state index contributed by atoms with van der Waals surface area (Å²) in [5.41, 5.74) is 6.69. The van der Waals surface area contributed by atoms with E-state index in [4.69, 9.17) is 4.74 Å². The summed E-state index contributed by atoms with van der Waals surface area (Å²) in [6, 6.07) is 11.7. The first-order valence-electron chi connectivity index (χ1n) is 8.84. The van der Waals surface area contributed by atoms with Crippen LogP contribution in [-0.2, 0) is 4.79 Å². The molecule has 6 heteroatoms. The van der Waals surface area contributed by atoms with E-state index in [0.29, 0.717) is 5.88 Å². The molecule has 0 aliphatic heterocycles. The first kappa shape index (κ1) is 17.1. The van der Waals surface area contributed by atoms with Gasteiger partial charge in [-0.1, -0.05) is 12.1 Å². The molecule has 0 saturated heterocycles. The molecule has 1 N–H and O–H groups in total. The minimum atomic E-state index is -0.0637. The molecule has 2 aromatic heterocycles. The third-order valence-corrected chi connectivity index (χ3v) is 4.83. The zero-order chi connectivity index (χ0) is 18.8. The number of benzene rings is 1. The fourth-order valence-electron chi connectivity index (χ4n) is 3.32. The van der Waals surface area contributed by atoms with Crippen molar-refractivity contribution < 1.29 is 9.53 Å². The Morgan fingerprint density at radius 3 is 2.96 bits per heavy atom. The predicted octanol–water partition coefficient (Wildman–Crippen LogP) is 3.20. The minimum absolute atomic E-state index is 0.0557. The molecule has 3 aromatic rings. The van der Waals surface area contributed by atoms with E-state index in [1.807, 2.05) is 43.3 Å². The van der Waals surface area contributed by atoms with Crippen LogP contribution in [0.15, 0.2) is 53.9 Å². The molecule has 0 spiro atoms. The Hall–Kier alpha value is -3.28. The fraction of sp³-hybridized carbons (Fsp3) is 0.238. The Bertz CT molecular complexity index is 1010. The van der Waals surface area contributed by atoms with Crippen LogP contribution in [0.2, 0.25) is 0 Å². The number of amides is 1. The maximum Gasteiger partial charge on any atom is 0.243 e. The van der Waals surface area contributed by atoms with Crippen molar-refractivity contribution in [2.75, 3.05) is 7.11 Å². The van der Waals surface area contributed by atoms with Crippen molar-refractivity contribution in [2.24, 2.45) is 11.0 Å². The summed E-state index contributed by atoms with van der Waals surface area (Å²) in [6.45, 7) is 2.02. The van der Waals surface area contributed by atoms with Crippen molar-refractivity contribution >= 4 is 23.0 Å². The van der Waals surface area contributed by atoms with Gasteiger partial charge in [0, 0.05) is 29.8 Å². The number of pyridine rings is 2. The van der Waals surface area contributed by atoms with E-state index in [9.17, 15) is 4.79 Å². The summed E-state index contributed by atoms with van der Waals surface area (Å²) in [7, 11) is 1.58. The maximum absolute atomic E-state index is 12.3. The monoisotopic (exact) mass is 360 g/mol. The molecule has 1 saturated carbocycles. The number of fused-ring (bicyclic) bond motifs is 1. The number of hydrazone groups is 1. The summed E-state index contributed by atoms with van der Waals surface area (Å²) in [6.07, 6.45) is 6.04. The van der Waals surface area contributed by atoms with Crippen molar-refractivity contribution in [2.45, 2.75) is 19.3 Å². The van der Waals surface area contributed by atoms with E-state index in [2.05, 4.69) is 20.5 Å². The Labute approximate surface area is 157 Å². The van der Waals surface area contributed by atoms with Crippen LogP contribution in [0.3, 0.4) is 0 Å². The Kier molecular flexibility index (Phi) is 4.54. The van der Waals surface area contributed by atoms with Crippen LogP contribution in [-0.4, -0.2) is 29.2 Å². The number of rotatable bonds is 5. The maximum atomic E-state index is 12.3. The lowest BCUT2D eigenvalue weighted by molar-refractivity contribution is -0.122. The molecule has 1 aromatic carbocycles. The van der Waals surface area contributed by atoms with E-state index in [1.165, 1.54) is 0 Å². The van der Waals surface area contributed by atoms with E-state index in [1.54, 1.807) is 25.7 Å². The van der Waals surface area contributed by atoms with Crippen molar-refractivity contribution in [3.63, 3.8) is 0 Å². The van der Waals surface area contributed by atoms with Crippen LogP contribution in [0.5, 0.6) is 5.88 Å². The van der Waals surface area contributed by atoms with Gasteiger partial charge in [0.05, 0.1) is 18.8 Å². The average molecular weight is 360 g/mol.